The van der Waals surface area contributed by atoms with Crippen LogP contribution >= 0.6 is 0 Å². The maximum Gasteiger partial charge on any atom is 0.0998 e. The zero-order chi connectivity index (χ0) is 48.9. The van der Waals surface area contributed by atoms with Gasteiger partial charge in [-0.15, -0.1) is 0 Å². The highest BCUT2D eigenvalue weighted by Crippen LogP contribution is 2.44. The second kappa shape index (κ2) is 17.4. The third kappa shape index (κ3) is 6.84. The number of hydrogen-bond donors (Lipinski definition) is 0. The Kier molecular flexibility index (Phi) is 10.3. The highest BCUT2D eigenvalue weighted by atomic mass is 15.0. The molecule has 0 bridgehead atoms. The topological polar surface area (TPSA) is 142 Å². The van der Waals surface area contributed by atoms with Gasteiger partial charge in [-0.25, -0.2) is 0 Å². The molecule has 0 fully saturated rings. The number of nitrogens with zero attached hydrogens (tertiary/aromatic N) is 8. The van der Waals surface area contributed by atoms with Crippen LogP contribution in [0.4, 0.5) is 0 Å². The fourth-order valence-electron chi connectivity index (χ4n) is 10.4. The summed E-state index contributed by atoms with van der Waals surface area (Å²) in [5.41, 5.74) is 16.4. The van der Waals surface area contributed by atoms with Crippen molar-refractivity contribution in [2.75, 3.05) is 0 Å². The van der Waals surface area contributed by atoms with Crippen LogP contribution in [0.15, 0.2) is 207 Å². The molecular formula is C64H34N8. The first-order valence-corrected chi connectivity index (χ1v) is 23.1. The van der Waals surface area contributed by atoms with E-state index in [1.807, 2.05) is 152 Å². The molecule has 0 spiro atoms. The van der Waals surface area contributed by atoms with Gasteiger partial charge >= 0.3 is 0 Å². The van der Waals surface area contributed by atoms with Crippen molar-refractivity contribution in [1.82, 2.24) is 14.1 Å². The summed E-state index contributed by atoms with van der Waals surface area (Å²) in [6, 6.07) is 75.1. The van der Waals surface area contributed by atoms with Crippen LogP contribution in [0.5, 0.6) is 0 Å². The van der Waals surface area contributed by atoms with Crippen molar-refractivity contribution in [3.8, 4) is 97.4 Å². The average molecular weight is 915 g/mol. The summed E-state index contributed by atoms with van der Waals surface area (Å²) in [6.45, 7) is 0. The highest BCUT2D eigenvalue weighted by molar-refractivity contribution is 6.14. The van der Waals surface area contributed by atoms with Gasteiger partial charge in [-0.3, -0.25) is 4.98 Å². The van der Waals surface area contributed by atoms with E-state index in [1.54, 1.807) is 6.20 Å². The first-order valence-electron chi connectivity index (χ1n) is 23.1. The molecule has 0 saturated carbocycles. The molecular weight excluding hydrogens is 881 g/mol. The summed E-state index contributed by atoms with van der Waals surface area (Å²) < 4.78 is 4.44. The van der Waals surface area contributed by atoms with Crippen LogP contribution in [0.25, 0.3) is 111 Å². The zero-order valence-corrected chi connectivity index (χ0v) is 38.2. The van der Waals surface area contributed by atoms with Crippen LogP contribution < -0.4 is 0 Å². The molecule has 0 unspecified atom stereocenters. The summed E-state index contributed by atoms with van der Waals surface area (Å²) in [6.07, 6.45) is 3.63. The van der Waals surface area contributed by atoms with Gasteiger partial charge in [-0.1, -0.05) is 97.1 Å². The number of fused-ring (bicyclic) bond motifs is 6. The summed E-state index contributed by atoms with van der Waals surface area (Å²) in [4.78, 5) is 4.75. The van der Waals surface area contributed by atoms with Crippen molar-refractivity contribution < 1.29 is 0 Å². The Bertz CT molecular complexity index is 4250. The fraction of sp³-hybridized carbons (Fsp3) is 0. The Hall–Kier alpha value is -10.8. The first kappa shape index (κ1) is 42.5. The molecule has 3 heterocycles. The maximum absolute atomic E-state index is 10.5. The minimum absolute atomic E-state index is 0.479. The normalized spacial score (nSPS) is 11.0. The molecule has 0 aliphatic rings. The van der Waals surface area contributed by atoms with Gasteiger partial charge in [-0.2, -0.15) is 26.3 Å². The van der Waals surface area contributed by atoms with Crippen molar-refractivity contribution in [2.24, 2.45) is 0 Å². The standard InChI is InChI=1S/C64H34N8/c65-34-40-17-22-59(71-60-23-18-41(49-13-5-1-9-45(49)35-66)30-55(60)56-31-42(19-24-61(56)71)50-14-6-2-10-46(50)36-67)54(29-40)53-27-28-70-39-64(53)72-62-25-20-43(51-15-7-3-11-47(51)37-68)32-57(62)58-33-44(21-26-63(58)72)52-16-8-4-12-48(52)38-69/h1-33,39H. The smallest absolute Gasteiger partial charge is 0.0998 e. The third-order valence-corrected chi connectivity index (χ3v) is 13.7. The predicted molar refractivity (Wildman–Crippen MR) is 284 cm³/mol. The third-order valence-electron chi connectivity index (χ3n) is 13.7. The van der Waals surface area contributed by atoms with E-state index in [2.05, 4.69) is 88.0 Å². The molecule has 0 N–H and O–H groups in total. The predicted octanol–water partition coefficient (Wildman–Crippen LogP) is 15.0. The van der Waals surface area contributed by atoms with Gasteiger partial charge in [0.05, 0.1) is 97.8 Å². The number of rotatable bonds is 7. The van der Waals surface area contributed by atoms with Crippen LogP contribution in [0, 0.1) is 56.7 Å². The van der Waals surface area contributed by atoms with Crippen LogP contribution in [0.2, 0.25) is 0 Å². The molecule has 8 heteroatoms. The monoisotopic (exact) mass is 914 g/mol. The van der Waals surface area contributed by atoms with Crippen LogP contribution in [0.1, 0.15) is 27.8 Å². The van der Waals surface area contributed by atoms with E-state index < -0.39 is 0 Å². The van der Waals surface area contributed by atoms with Gasteiger partial charge in [-0.05, 0) is 142 Å². The summed E-state index contributed by atoms with van der Waals surface area (Å²) in [7, 11) is 0. The lowest BCUT2D eigenvalue weighted by molar-refractivity contribution is 1.13. The van der Waals surface area contributed by atoms with Crippen molar-refractivity contribution >= 4 is 43.6 Å². The Morgan fingerprint density at radius 1 is 0.306 bits per heavy atom. The van der Waals surface area contributed by atoms with Crippen molar-refractivity contribution in [3.63, 3.8) is 0 Å². The number of hydrogen-bond acceptors (Lipinski definition) is 6. The van der Waals surface area contributed by atoms with E-state index in [4.69, 9.17) is 4.98 Å². The first-order chi connectivity index (χ1) is 35.5. The minimum Gasteiger partial charge on any atom is -0.309 e. The number of pyridine rings is 1. The lowest BCUT2D eigenvalue weighted by atomic mass is 9.96. The van der Waals surface area contributed by atoms with E-state index in [0.29, 0.717) is 27.8 Å². The molecule has 0 aliphatic carbocycles. The second-order valence-electron chi connectivity index (χ2n) is 17.5. The molecule has 12 rings (SSSR count). The minimum atomic E-state index is 0.479. The number of nitriles is 5. The second-order valence-corrected chi connectivity index (χ2v) is 17.5. The van der Waals surface area contributed by atoms with Gasteiger partial charge in [0, 0.05) is 38.9 Å². The average Bonchev–Trinajstić information content (AvgIpc) is 3.96. The lowest BCUT2D eigenvalue weighted by Crippen LogP contribution is -2.02. The Morgan fingerprint density at radius 2 is 0.667 bits per heavy atom. The molecule has 330 valence electrons. The van der Waals surface area contributed by atoms with Gasteiger partial charge in [0.2, 0.25) is 0 Å². The molecule has 0 amide bonds. The van der Waals surface area contributed by atoms with E-state index in [1.165, 1.54) is 0 Å². The summed E-state index contributed by atoms with van der Waals surface area (Å²) in [5.74, 6) is 0. The zero-order valence-electron chi connectivity index (χ0n) is 38.2. The Labute approximate surface area is 413 Å². The molecule has 0 saturated heterocycles. The van der Waals surface area contributed by atoms with Gasteiger partial charge < -0.3 is 9.13 Å². The fourth-order valence-corrected chi connectivity index (χ4v) is 10.4. The molecule has 0 atom stereocenters. The quantitative estimate of drug-likeness (QED) is 0.156. The largest absolute Gasteiger partial charge is 0.309 e. The summed E-state index contributed by atoms with van der Waals surface area (Å²) in [5, 5.41) is 54.9. The maximum atomic E-state index is 10.5. The number of aromatic nitrogens is 3. The van der Waals surface area contributed by atoms with Crippen molar-refractivity contribution in [1.29, 1.82) is 26.3 Å². The van der Waals surface area contributed by atoms with Crippen LogP contribution in [-0.2, 0) is 0 Å². The molecule has 72 heavy (non-hydrogen) atoms. The molecule has 9 aromatic carbocycles. The van der Waals surface area contributed by atoms with E-state index in [-0.39, 0.29) is 0 Å². The molecule has 12 aromatic rings. The SMILES string of the molecule is N#Cc1ccc(-n2c3ccc(-c4ccccc4C#N)cc3c3cc(-c4ccccc4C#N)ccc32)c(-c2ccncc2-n2c3ccc(-c4ccccc4C#N)cc3c3cc(-c4ccccc4C#N)ccc32)c1. The van der Waals surface area contributed by atoms with E-state index in [9.17, 15) is 26.3 Å². The molecule has 3 aromatic heterocycles. The van der Waals surface area contributed by atoms with Gasteiger partial charge in [0.15, 0.2) is 0 Å². The molecule has 0 aliphatic heterocycles. The Morgan fingerprint density at radius 3 is 1.03 bits per heavy atom. The van der Waals surface area contributed by atoms with Crippen LogP contribution in [0.3, 0.4) is 0 Å². The number of benzene rings is 9. The Balaban J connectivity index is 1.13. The van der Waals surface area contributed by atoms with Crippen molar-refractivity contribution in [2.45, 2.75) is 0 Å². The van der Waals surface area contributed by atoms with Crippen molar-refractivity contribution in [3.05, 3.63) is 234 Å². The van der Waals surface area contributed by atoms with E-state index in [0.717, 1.165) is 111 Å². The highest BCUT2D eigenvalue weighted by Gasteiger charge is 2.23. The van der Waals surface area contributed by atoms with Gasteiger partial charge in [0.25, 0.3) is 0 Å². The molecule has 8 nitrogen and oxygen atoms in total. The van der Waals surface area contributed by atoms with Gasteiger partial charge in [0.1, 0.15) is 0 Å². The van der Waals surface area contributed by atoms with E-state index >= 15 is 0 Å². The summed E-state index contributed by atoms with van der Waals surface area (Å²) >= 11 is 0. The lowest BCUT2D eigenvalue weighted by Gasteiger charge is -2.19. The molecule has 0 radical (unpaired) electrons. The van der Waals surface area contributed by atoms with Crippen LogP contribution in [-0.4, -0.2) is 14.1 Å².